The number of hydrogen-bond acceptors (Lipinski definition) is 1. The number of rotatable bonds is 2. The van der Waals surface area contributed by atoms with Crippen LogP contribution in [0.5, 0.6) is 0 Å². The van der Waals surface area contributed by atoms with Crippen molar-refractivity contribution in [2.24, 2.45) is 5.73 Å². The van der Waals surface area contributed by atoms with E-state index in [1.54, 1.807) is 0 Å². The maximum absolute atomic E-state index is 13.0. The molecular formula is C9H7ClFNO. The van der Waals surface area contributed by atoms with Gasteiger partial charge in [-0.25, -0.2) is 4.39 Å². The molecule has 0 radical (unpaired) electrons. The summed E-state index contributed by atoms with van der Waals surface area (Å²) >= 11 is 5.62. The second-order valence-corrected chi connectivity index (χ2v) is 2.84. The Bertz CT molecular complexity index is 363. The molecule has 0 unspecified atom stereocenters. The predicted molar refractivity (Wildman–Crippen MR) is 49.6 cm³/mol. The summed E-state index contributed by atoms with van der Waals surface area (Å²) in [7, 11) is 0. The van der Waals surface area contributed by atoms with E-state index in [0.29, 0.717) is 5.02 Å². The minimum Gasteiger partial charge on any atom is -0.366 e. The minimum atomic E-state index is -0.626. The summed E-state index contributed by atoms with van der Waals surface area (Å²) < 4.78 is 13.0. The molecule has 0 aliphatic heterocycles. The Kier molecular flexibility index (Phi) is 3.03. The van der Waals surface area contributed by atoms with Crippen LogP contribution in [0.1, 0.15) is 5.56 Å². The van der Waals surface area contributed by atoms with Gasteiger partial charge in [0.05, 0.1) is 0 Å². The molecular weight excluding hydrogens is 193 g/mol. The second kappa shape index (κ2) is 4.05. The van der Waals surface area contributed by atoms with Crippen molar-refractivity contribution in [3.63, 3.8) is 0 Å². The van der Waals surface area contributed by atoms with E-state index in [0.717, 1.165) is 6.08 Å². The Morgan fingerprint density at radius 1 is 1.54 bits per heavy atom. The summed E-state index contributed by atoms with van der Waals surface area (Å²) in [5.41, 5.74) is 5.09. The van der Waals surface area contributed by atoms with Crippen LogP contribution in [0, 0.1) is 5.82 Å². The fraction of sp³-hybridized carbons (Fsp3) is 0. The number of carbonyl (C=O) groups excluding carboxylic acids is 1. The topological polar surface area (TPSA) is 43.1 Å². The van der Waals surface area contributed by atoms with E-state index < -0.39 is 11.7 Å². The lowest BCUT2D eigenvalue weighted by molar-refractivity contribution is -0.113. The van der Waals surface area contributed by atoms with Crippen molar-refractivity contribution in [3.05, 3.63) is 40.7 Å². The zero-order chi connectivity index (χ0) is 9.84. The van der Waals surface area contributed by atoms with Crippen molar-refractivity contribution >= 4 is 23.6 Å². The standard InChI is InChI=1S/C9H7ClFNO/c10-7-2-3-8(11)6(5-7)1-4-9(12)13/h1-5H,(H2,12,13). The van der Waals surface area contributed by atoms with Gasteiger partial charge in [-0.2, -0.15) is 0 Å². The molecule has 1 aromatic rings. The van der Waals surface area contributed by atoms with Gasteiger partial charge in [0.25, 0.3) is 0 Å². The molecule has 68 valence electrons. The Labute approximate surface area is 79.8 Å². The fourth-order valence-corrected chi connectivity index (χ4v) is 0.995. The average Bonchev–Trinajstić information content (AvgIpc) is 2.06. The van der Waals surface area contributed by atoms with E-state index in [1.165, 1.54) is 24.3 Å². The summed E-state index contributed by atoms with van der Waals surface area (Å²) in [6, 6.07) is 4.07. The highest BCUT2D eigenvalue weighted by atomic mass is 35.5. The number of carbonyl (C=O) groups is 1. The number of primary amides is 1. The Morgan fingerprint density at radius 2 is 2.23 bits per heavy atom. The molecule has 4 heteroatoms. The van der Waals surface area contributed by atoms with Gasteiger partial charge in [-0.1, -0.05) is 11.6 Å². The molecule has 0 aliphatic rings. The number of benzene rings is 1. The Balaban J connectivity index is 3.00. The summed E-state index contributed by atoms with van der Waals surface area (Å²) in [5.74, 6) is -1.07. The first-order chi connectivity index (χ1) is 6.09. The zero-order valence-corrected chi connectivity index (χ0v) is 7.38. The maximum atomic E-state index is 13.0. The van der Waals surface area contributed by atoms with E-state index in [4.69, 9.17) is 17.3 Å². The monoisotopic (exact) mass is 199 g/mol. The van der Waals surface area contributed by atoms with Crippen LogP contribution in [0.2, 0.25) is 5.02 Å². The lowest BCUT2D eigenvalue weighted by Crippen LogP contribution is -2.05. The largest absolute Gasteiger partial charge is 0.366 e. The van der Waals surface area contributed by atoms with Crippen LogP contribution in [0.25, 0.3) is 6.08 Å². The van der Waals surface area contributed by atoms with Crippen molar-refractivity contribution in [2.75, 3.05) is 0 Å². The first-order valence-electron chi connectivity index (χ1n) is 3.52. The lowest BCUT2D eigenvalue weighted by atomic mass is 10.2. The molecule has 0 atom stereocenters. The van der Waals surface area contributed by atoms with Crippen LogP contribution in [0.15, 0.2) is 24.3 Å². The van der Waals surface area contributed by atoms with Gasteiger partial charge < -0.3 is 5.73 Å². The molecule has 0 saturated carbocycles. The van der Waals surface area contributed by atoms with Crippen molar-refractivity contribution in [3.8, 4) is 0 Å². The molecule has 0 saturated heterocycles. The van der Waals surface area contributed by atoms with E-state index in [9.17, 15) is 9.18 Å². The summed E-state index contributed by atoms with van der Waals surface area (Å²) in [6.07, 6.45) is 2.36. The first kappa shape index (κ1) is 9.74. The molecule has 0 aliphatic carbocycles. The average molecular weight is 200 g/mol. The Morgan fingerprint density at radius 3 is 2.85 bits per heavy atom. The molecule has 2 N–H and O–H groups in total. The van der Waals surface area contributed by atoms with E-state index in [-0.39, 0.29) is 5.56 Å². The molecule has 13 heavy (non-hydrogen) atoms. The molecule has 0 spiro atoms. The third-order valence-electron chi connectivity index (χ3n) is 1.39. The molecule has 0 bridgehead atoms. The smallest absolute Gasteiger partial charge is 0.241 e. The van der Waals surface area contributed by atoms with Gasteiger partial charge in [-0.3, -0.25) is 4.79 Å². The van der Waals surface area contributed by atoms with Crippen LogP contribution in [-0.2, 0) is 4.79 Å². The second-order valence-electron chi connectivity index (χ2n) is 2.40. The van der Waals surface area contributed by atoms with Crippen LogP contribution in [0.4, 0.5) is 4.39 Å². The number of hydrogen-bond donors (Lipinski definition) is 1. The van der Waals surface area contributed by atoms with E-state index in [2.05, 4.69) is 0 Å². The van der Waals surface area contributed by atoms with E-state index >= 15 is 0 Å². The number of amides is 1. The molecule has 2 nitrogen and oxygen atoms in total. The fourth-order valence-electron chi connectivity index (χ4n) is 0.814. The van der Waals surface area contributed by atoms with Gasteiger partial charge in [0.2, 0.25) is 5.91 Å². The van der Waals surface area contributed by atoms with Crippen LogP contribution < -0.4 is 5.73 Å². The Hall–Kier alpha value is -1.35. The highest BCUT2D eigenvalue weighted by Gasteiger charge is 1.98. The van der Waals surface area contributed by atoms with Gasteiger partial charge in [0.15, 0.2) is 0 Å². The molecule has 0 heterocycles. The van der Waals surface area contributed by atoms with Crippen molar-refractivity contribution in [1.82, 2.24) is 0 Å². The highest BCUT2D eigenvalue weighted by molar-refractivity contribution is 6.30. The summed E-state index contributed by atoms with van der Waals surface area (Å²) in [4.78, 5) is 10.3. The number of nitrogens with two attached hydrogens (primary N) is 1. The zero-order valence-electron chi connectivity index (χ0n) is 6.63. The quantitative estimate of drug-likeness (QED) is 0.728. The van der Waals surface area contributed by atoms with Gasteiger partial charge >= 0.3 is 0 Å². The van der Waals surface area contributed by atoms with Gasteiger partial charge in [-0.05, 0) is 24.3 Å². The molecule has 1 aromatic carbocycles. The van der Waals surface area contributed by atoms with Crippen LogP contribution in [-0.4, -0.2) is 5.91 Å². The normalized spacial score (nSPS) is 10.6. The summed E-state index contributed by atoms with van der Waals surface area (Å²) in [5, 5.41) is 0.408. The SMILES string of the molecule is NC(=O)C=Cc1cc(Cl)ccc1F. The molecule has 0 aromatic heterocycles. The highest BCUT2D eigenvalue weighted by Crippen LogP contribution is 2.15. The first-order valence-corrected chi connectivity index (χ1v) is 3.90. The van der Waals surface area contributed by atoms with E-state index in [1.807, 2.05) is 0 Å². The third-order valence-corrected chi connectivity index (χ3v) is 1.62. The third kappa shape index (κ3) is 2.87. The van der Waals surface area contributed by atoms with Crippen molar-refractivity contribution < 1.29 is 9.18 Å². The van der Waals surface area contributed by atoms with Crippen LogP contribution >= 0.6 is 11.6 Å². The number of halogens is 2. The van der Waals surface area contributed by atoms with Gasteiger partial charge in [0, 0.05) is 16.7 Å². The van der Waals surface area contributed by atoms with Crippen molar-refractivity contribution in [1.29, 1.82) is 0 Å². The molecule has 1 rings (SSSR count). The minimum absolute atomic E-state index is 0.242. The summed E-state index contributed by atoms with van der Waals surface area (Å²) in [6.45, 7) is 0. The van der Waals surface area contributed by atoms with Gasteiger partial charge in [-0.15, -0.1) is 0 Å². The maximum Gasteiger partial charge on any atom is 0.241 e. The molecule has 0 fully saturated rings. The predicted octanol–water partition coefficient (Wildman–Crippen LogP) is 1.98. The molecule has 1 amide bonds. The lowest BCUT2D eigenvalue weighted by Gasteiger charge is -1.96. The van der Waals surface area contributed by atoms with Crippen LogP contribution in [0.3, 0.4) is 0 Å². The van der Waals surface area contributed by atoms with Crippen molar-refractivity contribution in [2.45, 2.75) is 0 Å². The van der Waals surface area contributed by atoms with Gasteiger partial charge in [0.1, 0.15) is 5.82 Å².